The van der Waals surface area contributed by atoms with Crippen molar-refractivity contribution >= 4 is 33.4 Å². The first-order valence-corrected chi connectivity index (χ1v) is 8.08. The standard InChI is InChI=1S/C14H10F2N2O2S2/c15-7-3-1-5-9(11(7)13(17)19)21-22-10-6-2-4-8(16)12(10)14(18)20/h1-6H,(H2,17,19)(H2,18,20). The number of rotatable bonds is 5. The summed E-state index contributed by atoms with van der Waals surface area (Å²) in [5.74, 6) is -3.30. The minimum Gasteiger partial charge on any atom is -0.365 e. The lowest BCUT2D eigenvalue weighted by molar-refractivity contribution is 0.0984. The Morgan fingerprint density at radius 1 is 0.773 bits per heavy atom. The molecule has 0 aliphatic rings. The van der Waals surface area contributed by atoms with Crippen LogP contribution in [0, 0.1) is 11.6 Å². The van der Waals surface area contributed by atoms with Gasteiger partial charge in [0.05, 0.1) is 11.1 Å². The van der Waals surface area contributed by atoms with Crippen molar-refractivity contribution in [1.29, 1.82) is 0 Å². The lowest BCUT2D eigenvalue weighted by atomic mass is 10.2. The van der Waals surface area contributed by atoms with E-state index in [0.717, 1.165) is 33.7 Å². The molecule has 0 heterocycles. The van der Waals surface area contributed by atoms with Crippen molar-refractivity contribution < 1.29 is 18.4 Å². The van der Waals surface area contributed by atoms with Crippen LogP contribution >= 0.6 is 21.6 Å². The Balaban J connectivity index is 2.33. The average molecular weight is 340 g/mol. The zero-order chi connectivity index (χ0) is 16.3. The molecule has 2 amide bonds. The number of hydrogen-bond donors (Lipinski definition) is 2. The van der Waals surface area contributed by atoms with Crippen molar-refractivity contribution in [2.45, 2.75) is 9.79 Å². The second-order valence-electron chi connectivity index (χ2n) is 4.12. The van der Waals surface area contributed by atoms with Crippen molar-refractivity contribution in [2.24, 2.45) is 11.5 Å². The molecule has 2 rings (SSSR count). The quantitative estimate of drug-likeness (QED) is 0.819. The van der Waals surface area contributed by atoms with Gasteiger partial charge in [0, 0.05) is 9.79 Å². The third-order valence-corrected chi connectivity index (χ3v) is 5.11. The van der Waals surface area contributed by atoms with E-state index in [9.17, 15) is 18.4 Å². The van der Waals surface area contributed by atoms with Crippen LogP contribution in [0.5, 0.6) is 0 Å². The molecular weight excluding hydrogens is 330 g/mol. The summed E-state index contributed by atoms with van der Waals surface area (Å²) in [6.45, 7) is 0. The van der Waals surface area contributed by atoms with E-state index in [0.29, 0.717) is 0 Å². The lowest BCUT2D eigenvalue weighted by Gasteiger charge is -2.09. The van der Waals surface area contributed by atoms with Crippen LogP contribution in [0.1, 0.15) is 20.7 Å². The highest BCUT2D eigenvalue weighted by molar-refractivity contribution is 8.76. The molecule has 0 spiro atoms. The Kier molecular flexibility index (Phi) is 5.04. The number of benzene rings is 2. The lowest BCUT2D eigenvalue weighted by Crippen LogP contribution is -2.15. The summed E-state index contributed by atoms with van der Waals surface area (Å²) < 4.78 is 27.3. The van der Waals surface area contributed by atoms with E-state index in [1.165, 1.54) is 24.3 Å². The van der Waals surface area contributed by atoms with Gasteiger partial charge in [-0.3, -0.25) is 9.59 Å². The molecule has 8 heteroatoms. The van der Waals surface area contributed by atoms with Gasteiger partial charge in [0.25, 0.3) is 11.8 Å². The van der Waals surface area contributed by atoms with Gasteiger partial charge in [-0.25, -0.2) is 8.78 Å². The van der Waals surface area contributed by atoms with Crippen LogP contribution < -0.4 is 11.5 Å². The normalized spacial score (nSPS) is 10.5. The van der Waals surface area contributed by atoms with Crippen LogP contribution in [0.25, 0.3) is 0 Å². The number of carbonyl (C=O) groups excluding carboxylic acids is 2. The van der Waals surface area contributed by atoms with E-state index < -0.39 is 23.4 Å². The largest absolute Gasteiger partial charge is 0.365 e. The number of primary amides is 2. The molecule has 0 atom stereocenters. The molecule has 4 N–H and O–H groups in total. The SMILES string of the molecule is NC(=O)c1c(F)cccc1SSc1cccc(F)c1C(N)=O. The molecule has 114 valence electrons. The number of carbonyl (C=O) groups is 2. The molecule has 0 bridgehead atoms. The van der Waals surface area contributed by atoms with Crippen molar-refractivity contribution in [3.05, 3.63) is 59.2 Å². The van der Waals surface area contributed by atoms with Crippen molar-refractivity contribution in [3.8, 4) is 0 Å². The molecule has 0 unspecified atom stereocenters. The van der Waals surface area contributed by atoms with Gasteiger partial charge in [0.2, 0.25) is 0 Å². The molecule has 0 saturated carbocycles. The van der Waals surface area contributed by atoms with Crippen LogP contribution in [0.4, 0.5) is 8.78 Å². The summed E-state index contributed by atoms with van der Waals surface area (Å²) in [6.07, 6.45) is 0. The van der Waals surface area contributed by atoms with Gasteiger partial charge in [-0.15, -0.1) is 0 Å². The summed E-state index contributed by atoms with van der Waals surface area (Å²) in [7, 11) is 1.97. The van der Waals surface area contributed by atoms with E-state index in [2.05, 4.69) is 0 Å². The van der Waals surface area contributed by atoms with Gasteiger partial charge in [0.1, 0.15) is 11.6 Å². The molecule has 2 aromatic rings. The molecule has 0 fully saturated rings. The van der Waals surface area contributed by atoms with Crippen molar-refractivity contribution in [1.82, 2.24) is 0 Å². The molecule has 0 aromatic heterocycles. The van der Waals surface area contributed by atoms with E-state index in [-0.39, 0.29) is 20.9 Å². The molecule has 0 radical (unpaired) electrons. The average Bonchev–Trinajstić information content (AvgIpc) is 2.44. The maximum absolute atomic E-state index is 13.6. The van der Waals surface area contributed by atoms with Crippen molar-refractivity contribution in [2.75, 3.05) is 0 Å². The first-order valence-electron chi connectivity index (χ1n) is 5.93. The van der Waals surface area contributed by atoms with Gasteiger partial charge < -0.3 is 11.5 Å². The fourth-order valence-electron chi connectivity index (χ4n) is 1.72. The fraction of sp³-hybridized carbons (Fsp3) is 0. The van der Waals surface area contributed by atoms with Gasteiger partial charge in [-0.1, -0.05) is 33.7 Å². The zero-order valence-corrected chi connectivity index (χ0v) is 12.6. The highest BCUT2D eigenvalue weighted by atomic mass is 33.1. The van der Waals surface area contributed by atoms with Crippen LogP contribution in [0.3, 0.4) is 0 Å². The summed E-state index contributed by atoms with van der Waals surface area (Å²) >= 11 is 0. The Morgan fingerprint density at radius 3 is 1.45 bits per heavy atom. The molecule has 4 nitrogen and oxygen atoms in total. The van der Waals surface area contributed by atoms with Gasteiger partial charge in [-0.05, 0) is 24.3 Å². The van der Waals surface area contributed by atoms with Crippen LogP contribution in [0.2, 0.25) is 0 Å². The van der Waals surface area contributed by atoms with Gasteiger partial charge in [-0.2, -0.15) is 0 Å². The maximum atomic E-state index is 13.6. The van der Waals surface area contributed by atoms with E-state index in [4.69, 9.17) is 11.5 Å². The maximum Gasteiger partial charge on any atom is 0.252 e. The molecule has 0 aliphatic carbocycles. The summed E-state index contributed by atoms with van der Waals surface area (Å²) in [6, 6.07) is 8.09. The van der Waals surface area contributed by atoms with Crippen molar-refractivity contribution in [3.63, 3.8) is 0 Å². The first kappa shape index (κ1) is 16.3. The van der Waals surface area contributed by atoms with Gasteiger partial charge >= 0.3 is 0 Å². The number of halogens is 2. The third-order valence-electron chi connectivity index (χ3n) is 2.66. The topological polar surface area (TPSA) is 86.2 Å². The predicted molar refractivity (Wildman–Crippen MR) is 81.5 cm³/mol. The van der Waals surface area contributed by atoms with Crippen LogP contribution in [0.15, 0.2) is 46.2 Å². The Morgan fingerprint density at radius 2 is 1.14 bits per heavy atom. The fourth-order valence-corrected chi connectivity index (χ4v) is 4.10. The van der Waals surface area contributed by atoms with Crippen LogP contribution in [-0.2, 0) is 0 Å². The highest BCUT2D eigenvalue weighted by Crippen LogP contribution is 2.41. The first-order chi connectivity index (χ1) is 10.4. The minimum absolute atomic E-state index is 0.253. The highest BCUT2D eigenvalue weighted by Gasteiger charge is 2.18. The number of nitrogens with two attached hydrogens (primary N) is 2. The summed E-state index contributed by atoms with van der Waals surface area (Å²) in [5, 5.41) is 0. The Labute approximate surface area is 132 Å². The Hall–Kier alpha value is -2.06. The Bertz CT molecular complexity index is 690. The smallest absolute Gasteiger partial charge is 0.252 e. The van der Waals surface area contributed by atoms with E-state index in [1.54, 1.807) is 0 Å². The second kappa shape index (κ2) is 6.80. The van der Waals surface area contributed by atoms with Crippen LogP contribution in [-0.4, -0.2) is 11.8 Å². The zero-order valence-electron chi connectivity index (χ0n) is 11.0. The minimum atomic E-state index is -0.907. The number of hydrogen-bond acceptors (Lipinski definition) is 4. The summed E-state index contributed by atoms with van der Waals surface area (Å²) in [5.41, 5.74) is 9.80. The molecule has 0 saturated heterocycles. The number of amides is 2. The third kappa shape index (κ3) is 3.40. The second-order valence-corrected chi connectivity index (χ2v) is 6.33. The molecule has 0 aliphatic heterocycles. The predicted octanol–water partition coefficient (Wildman–Crippen LogP) is 2.96. The molecule has 22 heavy (non-hydrogen) atoms. The van der Waals surface area contributed by atoms with E-state index in [1.807, 2.05) is 0 Å². The molecular formula is C14H10F2N2O2S2. The summed E-state index contributed by atoms with van der Waals surface area (Å²) in [4.78, 5) is 23.2. The van der Waals surface area contributed by atoms with Gasteiger partial charge in [0.15, 0.2) is 0 Å². The molecule has 2 aromatic carbocycles. The van der Waals surface area contributed by atoms with E-state index >= 15 is 0 Å². The monoisotopic (exact) mass is 340 g/mol.